The first kappa shape index (κ1) is 27.5. The second kappa shape index (κ2) is 12.8. The fourth-order valence-electron chi connectivity index (χ4n) is 3.69. The minimum absolute atomic E-state index is 0.128. The quantitative estimate of drug-likeness (QED) is 0.328. The number of hydrogen-bond donors (Lipinski definition) is 3. The summed E-state index contributed by atoms with van der Waals surface area (Å²) in [6, 6.07) is 17.9. The van der Waals surface area contributed by atoms with E-state index < -0.39 is 0 Å². The van der Waals surface area contributed by atoms with Crippen LogP contribution in [-0.4, -0.2) is 49.3 Å². The molecule has 0 fully saturated rings. The van der Waals surface area contributed by atoms with Crippen molar-refractivity contribution in [1.82, 2.24) is 10.2 Å². The number of anilines is 1. The van der Waals surface area contributed by atoms with Gasteiger partial charge in [0.1, 0.15) is 17.2 Å². The number of benzene rings is 3. The summed E-state index contributed by atoms with van der Waals surface area (Å²) in [6.07, 6.45) is 0. The van der Waals surface area contributed by atoms with Gasteiger partial charge in [-0.25, -0.2) is 0 Å². The zero-order chi connectivity index (χ0) is 26.9. The maximum absolute atomic E-state index is 12.4. The van der Waals surface area contributed by atoms with E-state index in [1.165, 1.54) is 11.6 Å². The number of carbonyl (C=O) groups is 2. The van der Waals surface area contributed by atoms with E-state index in [1.54, 1.807) is 38.3 Å². The fraction of sp³-hybridized carbons (Fsp3) is 0.310. The van der Waals surface area contributed by atoms with Gasteiger partial charge in [-0.05, 0) is 67.4 Å². The summed E-state index contributed by atoms with van der Waals surface area (Å²) in [7, 11) is 3.45. The molecule has 0 aliphatic carbocycles. The minimum atomic E-state index is -0.250. The molecule has 0 heterocycles. The van der Waals surface area contributed by atoms with Crippen LogP contribution in [0.25, 0.3) is 0 Å². The first-order valence-electron chi connectivity index (χ1n) is 12.1. The Labute approximate surface area is 218 Å². The highest BCUT2D eigenvalue weighted by Crippen LogP contribution is 2.26. The summed E-state index contributed by atoms with van der Waals surface area (Å²) in [4.78, 5) is 26.7. The molecule has 8 heteroatoms. The van der Waals surface area contributed by atoms with Crippen molar-refractivity contribution in [3.63, 3.8) is 0 Å². The molecule has 0 saturated heterocycles. The zero-order valence-electron chi connectivity index (χ0n) is 22.0. The van der Waals surface area contributed by atoms with Crippen molar-refractivity contribution < 1.29 is 24.2 Å². The van der Waals surface area contributed by atoms with E-state index in [1.807, 2.05) is 42.3 Å². The highest BCUT2D eigenvalue weighted by Gasteiger charge is 2.12. The highest BCUT2D eigenvalue weighted by molar-refractivity contribution is 5.94. The van der Waals surface area contributed by atoms with Gasteiger partial charge in [0.25, 0.3) is 11.8 Å². The number of amides is 2. The maximum Gasteiger partial charge on any atom is 0.262 e. The number of aromatic hydroxyl groups is 1. The van der Waals surface area contributed by atoms with Gasteiger partial charge >= 0.3 is 0 Å². The smallest absolute Gasteiger partial charge is 0.262 e. The fourth-order valence-corrected chi connectivity index (χ4v) is 3.69. The molecule has 0 saturated carbocycles. The average molecular weight is 506 g/mol. The predicted octanol–water partition coefficient (Wildman–Crippen LogP) is 4.67. The summed E-state index contributed by atoms with van der Waals surface area (Å²) >= 11 is 0. The number of carbonyl (C=O) groups excluding carboxylic acids is 2. The molecule has 0 bridgehead atoms. The Morgan fingerprint density at radius 1 is 1.03 bits per heavy atom. The summed E-state index contributed by atoms with van der Waals surface area (Å²) in [6.45, 7) is 6.70. The van der Waals surface area contributed by atoms with Crippen molar-refractivity contribution in [2.24, 2.45) is 0 Å². The van der Waals surface area contributed by atoms with E-state index >= 15 is 0 Å². The molecule has 0 aromatic heterocycles. The van der Waals surface area contributed by atoms with Crippen molar-refractivity contribution in [3.8, 4) is 17.2 Å². The summed E-state index contributed by atoms with van der Waals surface area (Å²) in [5.41, 5.74) is 3.97. The molecule has 8 nitrogen and oxygen atoms in total. The third kappa shape index (κ3) is 7.98. The standard InChI is InChI=1S/C29H35N3O5/c1-19(2)21-6-10-24(11-7-21)31-28(34)17-37-25-12-8-23(27(15-25)36-5)16-32(4)18-30-29(35)22-9-13-26(33)20(3)14-22/h6-15,19,33H,16-18H2,1-5H3,(H,30,35)(H,31,34). The molecule has 3 aromatic carbocycles. The van der Waals surface area contributed by atoms with E-state index in [0.717, 1.165) is 11.3 Å². The number of nitrogens with one attached hydrogen (secondary N) is 2. The average Bonchev–Trinajstić information content (AvgIpc) is 2.88. The molecule has 0 aliphatic heterocycles. The van der Waals surface area contributed by atoms with Gasteiger partial charge in [0, 0.05) is 29.4 Å². The molecule has 37 heavy (non-hydrogen) atoms. The third-order valence-electron chi connectivity index (χ3n) is 5.90. The molecular weight excluding hydrogens is 470 g/mol. The van der Waals surface area contributed by atoms with Gasteiger partial charge in [-0.3, -0.25) is 14.5 Å². The molecule has 2 amide bonds. The molecule has 0 atom stereocenters. The molecule has 0 unspecified atom stereocenters. The Balaban J connectivity index is 1.50. The number of rotatable bonds is 11. The number of nitrogens with zero attached hydrogens (tertiary/aromatic N) is 1. The molecule has 3 N–H and O–H groups in total. The Morgan fingerprint density at radius 2 is 1.76 bits per heavy atom. The van der Waals surface area contributed by atoms with E-state index in [0.29, 0.717) is 41.8 Å². The van der Waals surface area contributed by atoms with Crippen LogP contribution in [0.3, 0.4) is 0 Å². The third-order valence-corrected chi connectivity index (χ3v) is 5.90. The van der Waals surface area contributed by atoms with Crippen molar-refractivity contribution >= 4 is 17.5 Å². The lowest BCUT2D eigenvalue weighted by Crippen LogP contribution is -2.35. The summed E-state index contributed by atoms with van der Waals surface area (Å²) in [5, 5.41) is 15.3. The topological polar surface area (TPSA) is 100 Å². The Hall–Kier alpha value is -4.04. The molecule has 0 aliphatic rings. The molecule has 0 spiro atoms. The van der Waals surface area contributed by atoms with E-state index in [4.69, 9.17) is 9.47 Å². The Morgan fingerprint density at radius 3 is 2.41 bits per heavy atom. The van der Waals surface area contributed by atoms with Crippen LogP contribution >= 0.6 is 0 Å². The first-order chi connectivity index (χ1) is 17.7. The van der Waals surface area contributed by atoms with Crippen LogP contribution in [-0.2, 0) is 11.3 Å². The Kier molecular flexibility index (Phi) is 9.51. The van der Waals surface area contributed by atoms with Gasteiger partial charge < -0.3 is 25.2 Å². The predicted molar refractivity (Wildman–Crippen MR) is 144 cm³/mol. The van der Waals surface area contributed by atoms with Gasteiger partial charge in [0.15, 0.2) is 6.61 Å². The normalized spacial score (nSPS) is 10.9. The van der Waals surface area contributed by atoms with E-state index in [2.05, 4.69) is 24.5 Å². The van der Waals surface area contributed by atoms with Crippen LogP contribution in [0, 0.1) is 6.92 Å². The van der Waals surface area contributed by atoms with Crippen LogP contribution in [0.2, 0.25) is 0 Å². The lowest BCUT2D eigenvalue weighted by molar-refractivity contribution is -0.118. The summed E-state index contributed by atoms with van der Waals surface area (Å²) < 4.78 is 11.2. The SMILES string of the molecule is COc1cc(OCC(=O)Nc2ccc(C(C)C)cc2)ccc1CN(C)CNC(=O)c1ccc(O)c(C)c1. The molecule has 0 radical (unpaired) electrons. The number of methoxy groups -OCH3 is 1. The number of ether oxygens (including phenoxy) is 2. The van der Waals surface area contributed by atoms with Gasteiger partial charge in [-0.2, -0.15) is 0 Å². The molecular formula is C29H35N3O5. The van der Waals surface area contributed by atoms with Crippen molar-refractivity contribution in [1.29, 1.82) is 0 Å². The van der Waals surface area contributed by atoms with Gasteiger partial charge in [-0.15, -0.1) is 0 Å². The second-order valence-electron chi connectivity index (χ2n) is 9.27. The zero-order valence-corrected chi connectivity index (χ0v) is 22.0. The molecule has 3 rings (SSSR count). The number of aryl methyl sites for hydroxylation is 1. The molecule has 3 aromatic rings. The van der Waals surface area contributed by atoms with Crippen molar-refractivity contribution in [2.75, 3.05) is 32.7 Å². The van der Waals surface area contributed by atoms with Crippen LogP contribution in [0.5, 0.6) is 17.2 Å². The van der Waals surface area contributed by atoms with Gasteiger partial charge in [-0.1, -0.05) is 32.0 Å². The van der Waals surface area contributed by atoms with Crippen LogP contribution in [0.4, 0.5) is 5.69 Å². The summed E-state index contributed by atoms with van der Waals surface area (Å²) in [5.74, 6) is 1.25. The maximum atomic E-state index is 12.4. The number of phenols is 1. The van der Waals surface area contributed by atoms with Crippen LogP contribution < -0.4 is 20.1 Å². The number of phenolic OH excluding ortho intramolecular Hbond substituents is 1. The van der Waals surface area contributed by atoms with Crippen molar-refractivity contribution in [3.05, 3.63) is 82.9 Å². The minimum Gasteiger partial charge on any atom is -0.508 e. The largest absolute Gasteiger partial charge is 0.508 e. The van der Waals surface area contributed by atoms with E-state index in [9.17, 15) is 14.7 Å². The lowest BCUT2D eigenvalue weighted by Gasteiger charge is -2.19. The first-order valence-corrected chi connectivity index (χ1v) is 12.1. The van der Waals surface area contributed by atoms with Gasteiger partial charge in [0.2, 0.25) is 0 Å². The van der Waals surface area contributed by atoms with Crippen LogP contribution in [0.1, 0.15) is 46.8 Å². The Bertz CT molecular complexity index is 1220. The van der Waals surface area contributed by atoms with Gasteiger partial charge in [0.05, 0.1) is 13.8 Å². The molecule has 196 valence electrons. The monoisotopic (exact) mass is 505 g/mol. The lowest BCUT2D eigenvalue weighted by atomic mass is 10.0. The van der Waals surface area contributed by atoms with E-state index in [-0.39, 0.29) is 24.2 Å². The number of hydrogen-bond acceptors (Lipinski definition) is 6. The van der Waals surface area contributed by atoms with Crippen LogP contribution in [0.15, 0.2) is 60.7 Å². The highest BCUT2D eigenvalue weighted by atomic mass is 16.5. The second-order valence-corrected chi connectivity index (χ2v) is 9.27. The van der Waals surface area contributed by atoms with Crippen molar-refractivity contribution in [2.45, 2.75) is 33.2 Å².